The summed E-state index contributed by atoms with van der Waals surface area (Å²) in [5.74, 6) is 0.636. The molecule has 0 aliphatic heterocycles. The van der Waals surface area contributed by atoms with Crippen LogP contribution in [0.3, 0.4) is 0 Å². The van der Waals surface area contributed by atoms with Crippen LogP contribution in [0, 0.1) is 0 Å². The van der Waals surface area contributed by atoms with E-state index in [1.807, 2.05) is 49.4 Å². The van der Waals surface area contributed by atoms with Gasteiger partial charge in [0, 0.05) is 18.4 Å². The Labute approximate surface area is 187 Å². The highest BCUT2D eigenvalue weighted by Crippen LogP contribution is 2.27. The summed E-state index contributed by atoms with van der Waals surface area (Å²) in [5, 5.41) is 8.88. The molecule has 2 amide bonds. The number of para-hydroxylation sites is 2. The highest BCUT2D eigenvalue weighted by atomic mass is 16.5. The number of hydrazone groups is 1. The van der Waals surface area contributed by atoms with Crippen LogP contribution in [0.4, 0.5) is 5.69 Å². The van der Waals surface area contributed by atoms with Gasteiger partial charge in [-0.3, -0.25) is 9.59 Å². The molecule has 0 heterocycles. The zero-order valence-corrected chi connectivity index (χ0v) is 18.3. The largest absolute Gasteiger partial charge is 0.495 e. The van der Waals surface area contributed by atoms with Crippen molar-refractivity contribution >= 4 is 34.5 Å². The van der Waals surface area contributed by atoms with E-state index in [-0.39, 0.29) is 24.7 Å². The lowest BCUT2D eigenvalue weighted by molar-refractivity contribution is -0.124. The summed E-state index contributed by atoms with van der Waals surface area (Å²) in [6.45, 7) is 2.63. The van der Waals surface area contributed by atoms with E-state index in [0.717, 1.165) is 22.8 Å². The van der Waals surface area contributed by atoms with E-state index >= 15 is 0 Å². The molecule has 32 heavy (non-hydrogen) atoms. The van der Waals surface area contributed by atoms with Crippen LogP contribution in [0.5, 0.6) is 11.5 Å². The second-order valence-electron chi connectivity index (χ2n) is 7.09. The van der Waals surface area contributed by atoms with E-state index in [2.05, 4.69) is 15.8 Å². The number of carbonyl (C=O) groups is 2. The van der Waals surface area contributed by atoms with Crippen molar-refractivity contribution < 1.29 is 19.1 Å². The summed E-state index contributed by atoms with van der Waals surface area (Å²) in [4.78, 5) is 24.3. The van der Waals surface area contributed by atoms with Crippen molar-refractivity contribution in [3.05, 3.63) is 66.2 Å². The molecule has 0 aliphatic rings. The van der Waals surface area contributed by atoms with Gasteiger partial charge in [0.15, 0.2) is 0 Å². The Morgan fingerprint density at radius 2 is 1.69 bits per heavy atom. The number of rotatable bonds is 10. The van der Waals surface area contributed by atoms with Gasteiger partial charge in [-0.25, -0.2) is 5.43 Å². The Morgan fingerprint density at radius 3 is 2.50 bits per heavy atom. The van der Waals surface area contributed by atoms with Gasteiger partial charge in [0.1, 0.15) is 11.5 Å². The van der Waals surface area contributed by atoms with Crippen LogP contribution in [-0.4, -0.2) is 31.7 Å². The number of methoxy groups -OCH3 is 1. The summed E-state index contributed by atoms with van der Waals surface area (Å²) in [5.41, 5.74) is 3.85. The van der Waals surface area contributed by atoms with Crippen LogP contribution in [-0.2, 0) is 9.59 Å². The lowest BCUT2D eigenvalue weighted by Crippen LogP contribution is -2.20. The van der Waals surface area contributed by atoms with E-state index in [4.69, 9.17) is 9.47 Å². The van der Waals surface area contributed by atoms with Crippen molar-refractivity contribution in [2.24, 2.45) is 5.10 Å². The zero-order valence-electron chi connectivity index (χ0n) is 18.3. The molecule has 166 valence electrons. The first-order chi connectivity index (χ1) is 15.6. The van der Waals surface area contributed by atoms with Gasteiger partial charge in [0.25, 0.3) is 0 Å². The predicted molar refractivity (Wildman–Crippen MR) is 126 cm³/mol. The molecular formula is C25H27N3O4. The number of anilines is 1. The van der Waals surface area contributed by atoms with Crippen LogP contribution >= 0.6 is 0 Å². The number of benzene rings is 3. The first kappa shape index (κ1) is 22.8. The minimum atomic E-state index is -0.354. The Hall–Kier alpha value is -3.87. The molecule has 7 nitrogen and oxygen atoms in total. The second kappa shape index (κ2) is 11.5. The second-order valence-corrected chi connectivity index (χ2v) is 7.09. The standard InChI is InChI=1S/C25H27N3O4/c1-3-16-32-22-13-12-18-8-4-5-9-19(18)20(22)17-26-28-25(30)15-14-24(29)27-21-10-6-7-11-23(21)31-2/h4-13,17H,3,14-16H2,1-2H3,(H,27,29)(H,28,30). The first-order valence-electron chi connectivity index (χ1n) is 10.5. The van der Waals surface area contributed by atoms with Crippen molar-refractivity contribution in [2.75, 3.05) is 19.0 Å². The number of hydrogen-bond acceptors (Lipinski definition) is 5. The molecule has 2 N–H and O–H groups in total. The minimum Gasteiger partial charge on any atom is -0.495 e. The minimum absolute atomic E-state index is 0.00700. The van der Waals surface area contributed by atoms with Gasteiger partial charge in [-0.05, 0) is 35.4 Å². The predicted octanol–water partition coefficient (Wildman–Crippen LogP) is 4.51. The van der Waals surface area contributed by atoms with Crippen LogP contribution in [0.2, 0.25) is 0 Å². The van der Waals surface area contributed by atoms with Crippen molar-refractivity contribution in [1.29, 1.82) is 0 Å². The summed E-state index contributed by atoms with van der Waals surface area (Å²) in [6.07, 6.45) is 2.50. The lowest BCUT2D eigenvalue weighted by Gasteiger charge is -2.11. The maximum absolute atomic E-state index is 12.2. The Morgan fingerprint density at radius 1 is 0.938 bits per heavy atom. The number of carbonyl (C=O) groups excluding carboxylic acids is 2. The molecule has 7 heteroatoms. The van der Waals surface area contributed by atoms with Crippen molar-refractivity contribution in [2.45, 2.75) is 26.2 Å². The maximum atomic E-state index is 12.2. The molecule has 3 aromatic rings. The molecule has 0 bridgehead atoms. The molecule has 0 radical (unpaired) electrons. The summed E-state index contributed by atoms with van der Waals surface area (Å²) < 4.78 is 11.0. The summed E-state index contributed by atoms with van der Waals surface area (Å²) in [6, 6.07) is 18.9. The molecular weight excluding hydrogens is 406 g/mol. The van der Waals surface area contributed by atoms with Crippen LogP contribution in [0.1, 0.15) is 31.7 Å². The topological polar surface area (TPSA) is 89.0 Å². The van der Waals surface area contributed by atoms with Crippen molar-refractivity contribution in [3.8, 4) is 11.5 Å². The molecule has 0 fully saturated rings. The number of hydrogen-bond donors (Lipinski definition) is 2. The van der Waals surface area contributed by atoms with E-state index < -0.39 is 0 Å². The van der Waals surface area contributed by atoms with E-state index in [1.54, 1.807) is 24.4 Å². The lowest BCUT2D eigenvalue weighted by atomic mass is 10.0. The Bertz CT molecular complexity index is 1110. The fourth-order valence-corrected chi connectivity index (χ4v) is 3.16. The van der Waals surface area contributed by atoms with Gasteiger partial charge in [-0.2, -0.15) is 5.10 Å². The molecule has 0 aliphatic carbocycles. The quantitative estimate of drug-likeness (QED) is 0.364. The van der Waals surface area contributed by atoms with Gasteiger partial charge in [-0.15, -0.1) is 0 Å². The van der Waals surface area contributed by atoms with Crippen molar-refractivity contribution in [3.63, 3.8) is 0 Å². The number of ether oxygens (including phenoxy) is 2. The van der Waals surface area contributed by atoms with Gasteiger partial charge >= 0.3 is 0 Å². The van der Waals surface area contributed by atoms with E-state index in [0.29, 0.717) is 23.8 Å². The van der Waals surface area contributed by atoms with Gasteiger partial charge < -0.3 is 14.8 Å². The van der Waals surface area contributed by atoms with E-state index in [9.17, 15) is 9.59 Å². The number of amides is 2. The molecule has 0 saturated carbocycles. The average molecular weight is 434 g/mol. The van der Waals surface area contributed by atoms with Gasteiger partial charge in [0.2, 0.25) is 11.8 Å². The SMILES string of the molecule is CCCOc1ccc2ccccc2c1C=NNC(=O)CCC(=O)Nc1ccccc1OC. The number of nitrogens with zero attached hydrogens (tertiary/aromatic N) is 1. The van der Waals surface area contributed by atoms with Crippen LogP contribution in [0.15, 0.2) is 65.8 Å². The molecule has 0 atom stereocenters. The molecule has 0 unspecified atom stereocenters. The zero-order chi connectivity index (χ0) is 22.8. The maximum Gasteiger partial charge on any atom is 0.240 e. The normalized spacial score (nSPS) is 10.8. The third-order valence-corrected chi connectivity index (χ3v) is 4.74. The molecule has 0 aromatic heterocycles. The van der Waals surface area contributed by atoms with Crippen molar-refractivity contribution in [1.82, 2.24) is 5.43 Å². The molecule has 3 rings (SSSR count). The highest BCUT2D eigenvalue weighted by molar-refractivity contribution is 6.02. The van der Waals surface area contributed by atoms with Gasteiger partial charge in [0.05, 0.1) is 25.6 Å². The number of fused-ring (bicyclic) bond motifs is 1. The Kier molecular flexibility index (Phi) is 8.20. The molecule has 3 aromatic carbocycles. The number of nitrogens with one attached hydrogen (secondary N) is 2. The monoisotopic (exact) mass is 433 g/mol. The molecule has 0 spiro atoms. The Balaban J connectivity index is 1.59. The van der Waals surface area contributed by atoms with Gasteiger partial charge in [-0.1, -0.05) is 49.4 Å². The van der Waals surface area contributed by atoms with Crippen LogP contribution < -0.4 is 20.2 Å². The molecule has 0 saturated heterocycles. The summed E-state index contributed by atoms with van der Waals surface area (Å²) in [7, 11) is 1.53. The summed E-state index contributed by atoms with van der Waals surface area (Å²) >= 11 is 0. The smallest absolute Gasteiger partial charge is 0.240 e. The fraction of sp³-hybridized carbons (Fsp3) is 0.240. The van der Waals surface area contributed by atoms with E-state index in [1.165, 1.54) is 7.11 Å². The van der Waals surface area contributed by atoms with Crippen LogP contribution in [0.25, 0.3) is 10.8 Å². The third kappa shape index (κ3) is 6.07. The fourth-order valence-electron chi connectivity index (χ4n) is 3.16. The average Bonchev–Trinajstić information content (AvgIpc) is 2.82. The first-order valence-corrected chi connectivity index (χ1v) is 10.5. The highest BCUT2D eigenvalue weighted by Gasteiger charge is 2.10. The third-order valence-electron chi connectivity index (χ3n) is 4.74.